The highest BCUT2D eigenvalue weighted by atomic mass is 16.5. The van der Waals surface area contributed by atoms with Crippen LogP contribution in [-0.4, -0.2) is 48.9 Å². The molecule has 1 aromatic carbocycles. The summed E-state index contributed by atoms with van der Waals surface area (Å²) in [5.41, 5.74) is 1.22. The highest BCUT2D eigenvalue weighted by Crippen LogP contribution is 2.29. The number of rotatable bonds is 9. The van der Waals surface area contributed by atoms with Gasteiger partial charge in [-0.05, 0) is 37.5 Å². The number of carbonyl (C=O) groups is 1. The van der Waals surface area contributed by atoms with Crippen LogP contribution in [0.1, 0.15) is 34.7 Å². The Bertz CT molecular complexity index is 811. The molecular weight excluding hydrogens is 360 g/mol. The highest BCUT2D eigenvalue weighted by molar-refractivity contribution is 5.92. The Morgan fingerprint density at radius 1 is 1.39 bits per heavy atom. The van der Waals surface area contributed by atoms with Gasteiger partial charge in [0.2, 0.25) is 0 Å². The number of ether oxygens (including phenoxy) is 3. The van der Waals surface area contributed by atoms with Crippen LogP contribution in [0.2, 0.25) is 0 Å². The monoisotopic (exact) mass is 386 g/mol. The zero-order chi connectivity index (χ0) is 19.9. The van der Waals surface area contributed by atoms with Crippen LogP contribution in [-0.2, 0) is 11.3 Å². The second kappa shape index (κ2) is 9.41. The summed E-state index contributed by atoms with van der Waals surface area (Å²) in [5, 5.41) is 3.87. The molecule has 0 spiro atoms. The smallest absolute Gasteiger partial charge is 0.276 e. The number of aromatic nitrogens is 1. The first kappa shape index (κ1) is 19.9. The lowest BCUT2D eigenvalue weighted by Gasteiger charge is -2.25. The van der Waals surface area contributed by atoms with Gasteiger partial charge in [0, 0.05) is 25.8 Å². The Hall–Kier alpha value is -2.80. The molecule has 1 atom stereocenters. The van der Waals surface area contributed by atoms with E-state index < -0.39 is 0 Å². The van der Waals surface area contributed by atoms with Crippen LogP contribution < -0.4 is 9.47 Å². The van der Waals surface area contributed by atoms with Crippen molar-refractivity contribution >= 4 is 5.91 Å². The van der Waals surface area contributed by atoms with Crippen molar-refractivity contribution in [2.45, 2.75) is 32.4 Å². The summed E-state index contributed by atoms with van der Waals surface area (Å²) in [4.78, 5) is 14.7. The van der Waals surface area contributed by atoms with Crippen molar-refractivity contribution in [1.29, 1.82) is 0 Å². The predicted molar refractivity (Wildman–Crippen MR) is 104 cm³/mol. The minimum absolute atomic E-state index is 0.0361. The van der Waals surface area contributed by atoms with Gasteiger partial charge < -0.3 is 23.6 Å². The van der Waals surface area contributed by atoms with Gasteiger partial charge in [-0.1, -0.05) is 23.9 Å². The van der Waals surface area contributed by atoms with Crippen molar-refractivity contribution in [2.75, 3.05) is 26.9 Å². The van der Waals surface area contributed by atoms with E-state index in [1.807, 2.05) is 18.2 Å². The summed E-state index contributed by atoms with van der Waals surface area (Å²) in [6.45, 7) is 7.45. The maximum absolute atomic E-state index is 13.0. The number of nitrogens with zero attached hydrogens (tertiary/aromatic N) is 2. The third-order valence-corrected chi connectivity index (χ3v) is 4.54. The summed E-state index contributed by atoms with van der Waals surface area (Å²) in [6, 6.07) is 7.29. The van der Waals surface area contributed by atoms with Crippen LogP contribution >= 0.6 is 0 Å². The molecule has 0 N–H and O–H groups in total. The molecule has 0 bridgehead atoms. The van der Waals surface area contributed by atoms with E-state index in [9.17, 15) is 4.79 Å². The number of aryl methyl sites for hydroxylation is 1. The summed E-state index contributed by atoms with van der Waals surface area (Å²) < 4.78 is 21.8. The van der Waals surface area contributed by atoms with Gasteiger partial charge in [-0.2, -0.15) is 0 Å². The lowest BCUT2D eigenvalue weighted by Crippen LogP contribution is -2.37. The van der Waals surface area contributed by atoms with Crippen molar-refractivity contribution in [2.24, 2.45) is 0 Å². The standard InChI is InChI=1S/C21H26N2O5/c1-4-9-27-19-8-7-16(12-20(19)25-3)13-23(14-17-6-5-10-26-17)21(24)18-11-15(2)28-22-18/h4,7-8,11-12,17H,1,5-6,9-10,13-14H2,2-3H3/t17-/m0/s1. The molecule has 7 heteroatoms. The third kappa shape index (κ3) is 4.92. The molecule has 0 aliphatic carbocycles. The molecule has 150 valence electrons. The lowest BCUT2D eigenvalue weighted by molar-refractivity contribution is 0.0499. The minimum atomic E-state index is -0.182. The van der Waals surface area contributed by atoms with Gasteiger partial charge in [0.05, 0.1) is 13.2 Å². The Balaban J connectivity index is 1.79. The Morgan fingerprint density at radius 2 is 2.25 bits per heavy atom. The fourth-order valence-electron chi connectivity index (χ4n) is 3.18. The second-order valence-electron chi connectivity index (χ2n) is 6.73. The Labute approximate surface area is 164 Å². The van der Waals surface area contributed by atoms with Crippen molar-refractivity contribution in [1.82, 2.24) is 10.1 Å². The predicted octanol–water partition coefficient (Wildman–Crippen LogP) is 3.38. The summed E-state index contributed by atoms with van der Waals surface area (Å²) in [5.74, 6) is 1.67. The van der Waals surface area contributed by atoms with E-state index in [4.69, 9.17) is 18.7 Å². The van der Waals surface area contributed by atoms with E-state index in [2.05, 4.69) is 11.7 Å². The molecule has 0 radical (unpaired) electrons. The summed E-state index contributed by atoms with van der Waals surface area (Å²) in [7, 11) is 1.59. The molecule has 3 rings (SSSR count). The van der Waals surface area contributed by atoms with E-state index in [0.29, 0.717) is 42.6 Å². The number of benzene rings is 1. The largest absolute Gasteiger partial charge is 0.493 e. The van der Waals surface area contributed by atoms with E-state index in [1.165, 1.54) is 0 Å². The quantitative estimate of drug-likeness (QED) is 0.615. The molecule has 0 unspecified atom stereocenters. The van der Waals surface area contributed by atoms with Crippen molar-refractivity contribution in [3.05, 3.63) is 53.9 Å². The molecule has 2 aromatic rings. The van der Waals surface area contributed by atoms with Gasteiger partial charge in [-0.25, -0.2) is 0 Å². The Morgan fingerprint density at radius 3 is 2.89 bits per heavy atom. The van der Waals surface area contributed by atoms with Crippen molar-refractivity contribution in [3.63, 3.8) is 0 Å². The molecule has 2 heterocycles. The van der Waals surface area contributed by atoms with E-state index in [0.717, 1.165) is 25.0 Å². The SMILES string of the molecule is C=CCOc1ccc(CN(C[C@@H]2CCCO2)C(=O)c2cc(C)on2)cc1OC. The zero-order valence-corrected chi connectivity index (χ0v) is 16.3. The molecule has 1 aliphatic heterocycles. The van der Waals surface area contributed by atoms with Crippen LogP contribution in [0, 0.1) is 6.92 Å². The van der Waals surface area contributed by atoms with E-state index in [-0.39, 0.29) is 12.0 Å². The first-order chi connectivity index (χ1) is 13.6. The maximum Gasteiger partial charge on any atom is 0.276 e. The van der Waals surface area contributed by atoms with E-state index >= 15 is 0 Å². The van der Waals surface area contributed by atoms with E-state index in [1.54, 1.807) is 31.1 Å². The van der Waals surface area contributed by atoms with Gasteiger partial charge in [0.1, 0.15) is 12.4 Å². The first-order valence-electron chi connectivity index (χ1n) is 9.35. The Kier molecular flexibility index (Phi) is 6.71. The third-order valence-electron chi connectivity index (χ3n) is 4.54. The maximum atomic E-state index is 13.0. The van der Waals surface area contributed by atoms with Crippen molar-refractivity contribution in [3.8, 4) is 11.5 Å². The van der Waals surface area contributed by atoms with Crippen LogP contribution in [0.4, 0.5) is 0 Å². The summed E-state index contributed by atoms with van der Waals surface area (Å²) >= 11 is 0. The zero-order valence-electron chi connectivity index (χ0n) is 16.3. The van der Waals surface area contributed by atoms with Crippen LogP contribution in [0.15, 0.2) is 41.4 Å². The van der Waals surface area contributed by atoms with Crippen LogP contribution in [0.5, 0.6) is 11.5 Å². The molecule has 28 heavy (non-hydrogen) atoms. The van der Waals surface area contributed by atoms with Gasteiger partial charge in [-0.3, -0.25) is 4.79 Å². The number of hydrogen-bond acceptors (Lipinski definition) is 6. The molecule has 1 aromatic heterocycles. The molecular formula is C21H26N2O5. The van der Waals surface area contributed by atoms with Crippen LogP contribution in [0.25, 0.3) is 0 Å². The molecule has 1 saturated heterocycles. The number of amides is 1. The molecule has 7 nitrogen and oxygen atoms in total. The fourth-order valence-corrected chi connectivity index (χ4v) is 3.18. The average molecular weight is 386 g/mol. The topological polar surface area (TPSA) is 74.0 Å². The summed E-state index contributed by atoms with van der Waals surface area (Å²) in [6.07, 6.45) is 3.67. The molecule has 1 aliphatic rings. The van der Waals surface area contributed by atoms with Gasteiger partial charge in [0.25, 0.3) is 5.91 Å². The first-order valence-corrected chi connectivity index (χ1v) is 9.35. The molecule has 1 fully saturated rings. The normalized spacial score (nSPS) is 16.0. The molecule has 0 saturated carbocycles. The average Bonchev–Trinajstić information content (AvgIpc) is 3.37. The van der Waals surface area contributed by atoms with Gasteiger partial charge in [-0.15, -0.1) is 0 Å². The van der Waals surface area contributed by atoms with Gasteiger partial charge >= 0.3 is 0 Å². The number of carbonyl (C=O) groups excluding carboxylic acids is 1. The lowest BCUT2D eigenvalue weighted by atomic mass is 10.1. The second-order valence-corrected chi connectivity index (χ2v) is 6.73. The van der Waals surface area contributed by atoms with Crippen LogP contribution in [0.3, 0.4) is 0 Å². The minimum Gasteiger partial charge on any atom is -0.493 e. The number of methoxy groups -OCH3 is 1. The van der Waals surface area contributed by atoms with Crippen molar-refractivity contribution < 1.29 is 23.5 Å². The fraction of sp³-hybridized carbons (Fsp3) is 0.429. The van der Waals surface area contributed by atoms with Gasteiger partial charge in [0.15, 0.2) is 17.2 Å². The number of hydrogen-bond donors (Lipinski definition) is 0. The highest BCUT2D eigenvalue weighted by Gasteiger charge is 2.25. The molecule has 1 amide bonds.